The zero-order valence-corrected chi connectivity index (χ0v) is 20.8. The van der Waals surface area contributed by atoms with E-state index < -0.39 is 0 Å². The highest BCUT2D eigenvalue weighted by atomic mass is 32.1. The summed E-state index contributed by atoms with van der Waals surface area (Å²) in [6, 6.07) is 11.8. The van der Waals surface area contributed by atoms with Gasteiger partial charge in [-0.3, -0.25) is 14.3 Å². The fraction of sp³-hybridized carbons (Fsp3) is 0.423. The van der Waals surface area contributed by atoms with E-state index in [1.54, 1.807) is 35.4 Å². The van der Waals surface area contributed by atoms with Gasteiger partial charge in [-0.2, -0.15) is 16.4 Å². The van der Waals surface area contributed by atoms with E-state index >= 15 is 0 Å². The van der Waals surface area contributed by atoms with Crippen molar-refractivity contribution in [1.29, 1.82) is 0 Å². The van der Waals surface area contributed by atoms with E-state index in [1.165, 1.54) is 0 Å². The van der Waals surface area contributed by atoms with Gasteiger partial charge in [-0.1, -0.05) is 12.1 Å². The Labute approximate surface area is 204 Å². The van der Waals surface area contributed by atoms with Crippen LogP contribution in [0.3, 0.4) is 0 Å². The highest BCUT2D eigenvalue weighted by molar-refractivity contribution is 7.08. The highest BCUT2D eigenvalue weighted by Crippen LogP contribution is 2.28. The van der Waals surface area contributed by atoms with Crippen LogP contribution in [0.25, 0.3) is 0 Å². The molecule has 8 heteroatoms. The Kier molecular flexibility index (Phi) is 7.67. The minimum atomic E-state index is -0.0792. The Bertz CT molecular complexity index is 1100. The molecule has 0 radical (unpaired) electrons. The SMILES string of the molecule is COc1cccc(C[C@@H](C2CCN(C(=O)Cc3ccsc3)CC2)N(C)C(=O)c2ccn(C)n2)c1. The second kappa shape index (κ2) is 10.9. The largest absolute Gasteiger partial charge is 0.497 e. The quantitative estimate of drug-likeness (QED) is 0.494. The lowest BCUT2D eigenvalue weighted by Crippen LogP contribution is -2.48. The molecule has 1 aliphatic heterocycles. The van der Waals surface area contributed by atoms with E-state index in [-0.39, 0.29) is 23.8 Å². The zero-order chi connectivity index (χ0) is 24.1. The molecule has 0 N–H and O–H groups in total. The Morgan fingerprint density at radius 2 is 2.00 bits per heavy atom. The van der Waals surface area contributed by atoms with E-state index in [0.29, 0.717) is 25.2 Å². The van der Waals surface area contributed by atoms with Crippen LogP contribution < -0.4 is 4.74 Å². The van der Waals surface area contributed by atoms with Crippen molar-refractivity contribution in [3.8, 4) is 5.75 Å². The van der Waals surface area contributed by atoms with Gasteiger partial charge in [-0.15, -0.1) is 0 Å². The summed E-state index contributed by atoms with van der Waals surface area (Å²) in [5, 5.41) is 8.36. The summed E-state index contributed by atoms with van der Waals surface area (Å²) in [5.74, 6) is 1.20. The van der Waals surface area contributed by atoms with E-state index in [9.17, 15) is 9.59 Å². The van der Waals surface area contributed by atoms with Crippen molar-refractivity contribution in [2.24, 2.45) is 13.0 Å². The fourth-order valence-corrected chi connectivity index (χ4v) is 5.40. The topological polar surface area (TPSA) is 67.7 Å². The van der Waals surface area contributed by atoms with E-state index in [4.69, 9.17) is 4.74 Å². The summed E-state index contributed by atoms with van der Waals surface area (Å²) in [7, 11) is 5.35. The molecule has 1 atom stereocenters. The van der Waals surface area contributed by atoms with Crippen LogP contribution in [0.1, 0.15) is 34.5 Å². The first kappa shape index (κ1) is 24.0. The molecule has 7 nitrogen and oxygen atoms in total. The summed E-state index contributed by atoms with van der Waals surface area (Å²) in [4.78, 5) is 29.9. The number of aryl methyl sites for hydroxylation is 1. The zero-order valence-electron chi connectivity index (χ0n) is 20.0. The monoisotopic (exact) mass is 480 g/mol. The third-order valence-corrected chi connectivity index (χ3v) is 7.43. The van der Waals surface area contributed by atoms with Gasteiger partial charge >= 0.3 is 0 Å². The number of carbonyl (C=O) groups is 2. The first-order valence-corrected chi connectivity index (χ1v) is 12.6. The van der Waals surface area contributed by atoms with Crippen LogP contribution in [0.5, 0.6) is 5.75 Å². The standard InChI is InChI=1S/C26H32N4O3S/c1-28-11-9-23(27-28)26(32)29(2)24(16-19-5-4-6-22(15-19)33-3)21-7-12-30(13-8-21)25(31)17-20-10-14-34-18-20/h4-6,9-11,14-15,18,21,24H,7-8,12-13,16-17H2,1-3H3/t24-/m0/s1. The summed E-state index contributed by atoms with van der Waals surface area (Å²) in [6.45, 7) is 1.43. The summed E-state index contributed by atoms with van der Waals surface area (Å²) in [6.07, 6.45) is 4.70. The molecule has 2 aromatic heterocycles. The Balaban J connectivity index is 1.48. The van der Waals surface area contributed by atoms with Crippen molar-refractivity contribution >= 4 is 23.2 Å². The van der Waals surface area contributed by atoms with Gasteiger partial charge in [0, 0.05) is 39.4 Å². The lowest BCUT2D eigenvalue weighted by Gasteiger charge is -2.40. The van der Waals surface area contributed by atoms with Crippen molar-refractivity contribution in [1.82, 2.24) is 19.6 Å². The molecule has 3 aromatic rings. The fourth-order valence-electron chi connectivity index (χ4n) is 4.73. The van der Waals surface area contributed by atoms with Crippen LogP contribution in [0.4, 0.5) is 0 Å². The maximum atomic E-state index is 13.3. The lowest BCUT2D eigenvalue weighted by molar-refractivity contribution is -0.132. The molecule has 0 aliphatic carbocycles. The van der Waals surface area contributed by atoms with Crippen LogP contribution in [-0.2, 0) is 24.7 Å². The molecule has 0 bridgehead atoms. The third-order valence-electron chi connectivity index (χ3n) is 6.70. The number of benzene rings is 1. The molecule has 2 amide bonds. The van der Waals surface area contributed by atoms with Crippen LogP contribution in [0.2, 0.25) is 0 Å². The van der Waals surface area contributed by atoms with Crippen molar-refractivity contribution < 1.29 is 14.3 Å². The molecule has 180 valence electrons. The molecule has 4 rings (SSSR count). The Morgan fingerprint density at radius 3 is 2.65 bits per heavy atom. The normalized spacial score (nSPS) is 15.2. The molecule has 34 heavy (non-hydrogen) atoms. The van der Waals surface area contributed by atoms with Crippen LogP contribution in [-0.4, -0.2) is 64.7 Å². The number of hydrogen-bond acceptors (Lipinski definition) is 5. The molecule has 0 spiro atoms. The second-order valence-corrected chi connectivity index (χ2v) is 9.72. The number of aromatic nitrogens is 2. The first-order chi connectivity index (χ1) is 16.4. The average molecular weight is 481 g/mol. The van der Waals surface area contributed by atoms with Crippen LogP contribution in [0.15, 0.2) is 53.4 Å². The first-order valence-electron chi connectivity index (χ1n) is 11.6. The number of amides is 2. The smallest absolute Gasteiger partial charge is 0.274 e. The molecule has 3 heterocycles. The van der Waals surface area contributed by atoms with E-state index in [1.807, 2.05) is 58.9 Å². The second-order valence-electron chi connectivity index (χ2n) is 8.94. The van der Waals surface area contributed by atoms with Crippen molar-refractivity contribution in [3.05, 3.63) is 70.2 Å². The predicted molar refractivity (Wildman–Crippen MR) is 133 cm³/mol. The number of methoxy groups -OCH3 is 1. The van der Waals surface area contributed by atoms with Gasteiger partial charge in [0.25, 0.3) is 5.91 Å². The number of nitrogens with zero attached hydrogens (tertiary/aromatic N) is 4. The van der Waals surface area contributed by atoms with Crippen molar-refractivity contribution in [2.75, 3.05) is 27.2 Å². The van der Waals surface area contributed by atoms with E-state index in [2.05, 4.69) is 11.2 Å². The van der Waals surface area contributed by atoms with Gasteiger partial charge in [0.2, 0.25) is 5.91 Å². The summed E-state index contributed by atoms with van der Waals surface area (Å²) >= 11 is 1.62. The van der Waals surface area contributed by atoms with Crippen LogP contribution in [0, 0.1) is 5.92 Å². The average Bonchev–Trinajstić information content (AvgIpc) is 3.53. The molecule has 0 saturated carbocycles. The highest BCUT2D eigenvalue weighted by Gasteiger charge is 2.33. The number of carbonyl (C=O) groups excluding carboxylic acids is 2. The van der Waals surface area contributed by atoms with Gasteiger partial charge < -0.3 is 14.5 Å². The van der Waals surface area contributed by atoms with Gasteiger partial charge in [-0.05, 0) is 71.3 Å². The minimum Gasteiger partial charge on any atom is -0.497 e. The molecule has 1 aliphatic rings. The Hall–Kier alpha value is -3.13. The lowest BCUT2D eigenvalue weighted by atomic mass is 9.84. The molecular weight excluding hydrogens is 448 g/mol. The maximum Gasteiger partial charge on any atom is 0.274 e. The minimum absolute atomic E-state index is 0.00395. The number of rotatable bonds is 8. The molecule has 1 saturated heterocycles. The molecule has 1 aromatic carbocycles. The van der Waals surface area contributed by atoms with Crippen molar-refractivity contribution in [2.45, 2.75) is 31.7 Å². The van der Waals surface area contributed by atoms with Gasteiger partial charge in [-0.25, -0.2) is 0 Å². The predicted octanol–water partition coefficient (Wildman–Crippen LogP) is 3.65. The molecular formula is C26H32N4O3S. The van der Waals surface area contributed by atoms with Gasteiger partial charge in [0.15, 0.2) is 0 Å². The van der Waals surface area contributed by atoms with Gasteiger partial charge in [0.1, 0.15) is 11.4 Å². The van der Waals surface area contributed by atoms with Crippen molar-refractivity contribution in [3.63, 3.8) is 0 Å². The number of likely N-dealkylation sites (N-methyl/N-ethyl adjacent to an activating group) is 1. The summed E-state index contributed by atoms with van der Waals surface area (Å²) < 4.78 is 7.06. The molecule has 0 unspecified atom stereocenters. The number of hydrogen-bond donors (Lipinski definition) is 0. The third kappa shape index (κ3) is 5.67. The molecule has 1 fully saturated rings. The summed E-state index contributed by atoms with van der Waals surface area (Å²) in [5.41, 5.74) is 2.65. The van der Waals surface area contributed by atoms with E-state index in [0.717, 1.165) is 36.1 Å². The Morgan fingerprint density at radius 1 is 1.21 bits per heavy atom. The number of thiophene rings is 1. The number of piperidine rings is 1. The van der Waals surface area contributed by atoms with Crippen LogP contribution >= 0.6 is 11.3 Å². The number of likely N-dealkylation sites (tertiary alicyclic amines) is 1. The van der Waals surface area contributed by atoms with Gasteiger partial charge in [0.05, 0.1) is 13.5 Å². The number of ether oxygens (including phenoxy) is 1. The maximum absolute atomic E-state index is 13.3.